The molecule has 0 saturated heterocycles. The van der Waals surface area contributed by atoms with E-state index in [-0.39, 0.29) is 33.4 Å². The molecule has 2 aromatic carbocycles. The molecule has 0 spiro atoms. The number of anilines is 1. The molecule has 0 radical (unpaired) electrons. The fourth-order valence-corrected chi connectivity index (χ4v) is 4.70. The maximum Gasteiger partial charge on any atom is 0.295 e. The summed E-state index contributed by atoms with van der Waals surface area (Å²) in [7, 11) is -9.74. The number of nitrogen functional groups attached to an aromatic ring is 1. The molecule has 0 atom stereocenters. The van der Waals surface area contributed by atoms with E-state index in [1.54, 1.807) is 0 Å². The number of fused-ring (bicyclic) bond motifs is 2. The van der Waals surface area contributed by atoms with Crippen LogP contribution in [0.25, 0.3) is 16.5 Å². The molecular weight excluding hydrogens is 454 g/mol. The van der Waals surface area contributed by atoms with Crippen LogP contribution < -0.4 is 16.6 Å². The van der Waals surface area contributed by atoms with E-state index in [4.69, 9.17) is 5.73 Å². The summed E-state index contributed by atoms with van der Waals surface area (Å²) in [5.41, 5.74) is 4.72. The van der Waals surface area contributed by atoms with Crippen molar-refractivity contribution in [1.29, 1.82) is 0 Å². The van der Waals surface area contributed by atoms with Crippen LogP contribution in [-0.2, 0) is 20.2 Å². The summed E-state index contributed by atoms with van der Waals surface area (Å²) in [6.45, 7) is 0. The van der Waals surface area contributed by atoms with Crippen LogP contribution in [0.4, 0.5) is 5.82 Å². The number of nitrogens with one attached hydrogen (secondary N) is 1. The van der Waals surface area contributed by atoms with Gasteiger partial charge >= 0.3 is 0 Å². The molecule has 0 unspecified atom stereocenters. The van der Waals surface area contributed by atoms with Crippen molar-refractivity contribution >= 4 is 48.6 Å². The molecule has 14 heteroatoms. The van der Waals surface area contributed by atoms with Crippen molar-refractivity contribution < 1.29 is 35.5 Å². The number of benzene rings is 2. The maximum atomic E-state index is 12.6. The van der Waals surface area contributed by atoms with Gasteiger partial charge in [-0.2, -0.15) is 16.8 Å². The van der Waals surface area contributed by atoms with Gasteiger partial charge in [0.15, 0.2) is 0 Å². The highest BCUT2D eigenvalue weighted by Gasteiger charge is 2.32. The Bertz CT molecular complexity index is 1620. The Hall–Kier alpha value is -3.59. The quantitative estimate of drug-likeness (QED) is 0.300. The van der Waals surface area contributed by atoms with Gasteiger partial charge in [0.25, 0.3) is 37.6 Å². The molecule has 1 aliphatic rings. The highest BCUT2D eigenvalue weighted by molar-refractivity contribution is 7.86. The summed E-state index contributed by atoms with van der Waals surface area (Å²) >= 11 is 0. The first-order valence-corrected chi connectivity index (χ1v) is 11.1. The van der Waals surface area contributed by atoms with Crippen LogP contribution in [0.2, 0.25) is 0 Å². The van der Waals surface area contributed by atoms with Crippen molar-refractivity contribution in [1.82, 2.24) is 9.88 Å². The van der Waals surface area contributed by atoms with Crippen molar-refractivity contribution in [2.75, 3.05) is 5.73 Å². The van der Waals surface area contributed by atoms with Gasteiger partial charge in [0, 0.05) is 11.5 Å². The minimum atomic E-state index is -4.89. The zero-order chi connectivity index (χ0) is 22.9. The minimum Gasteiger partial charge on any atom is -0.384 e. The summed E-state index contributed by atoms with van der Waals surface area (Å²) in [6, 6.07) is 5.98. The monoisotopic (exact) mass is 465 g/mol. The zero-order valence-corrected chi connectivity index (χ0v) is 16.7. The van der Waals surface area contributed by atoms with Crippen molar-refractivity contribution in [3.63, 3.8) is 0 Å². The van der Waals surface area contributed by atoms with Gasteiger partial charge in [-0.05, 0) is 29.7 Å². The van der Waals surface area contributed by atoms with Crippen LogP contribution in [0, 0.1) is 0 Å². The summed E-state index contributed by atoms with van der Waals surface area (Å²) in [5.74, 6) is -1.97. The van der Waals surface area contributed by atoms with E-state index < -0.39 is 47.4 Å². The van der Waals surface area contributed by atoms with Gasteiger partial charge in [0.05, 0.1) is 21.7 Å². The van der Waals surface area contributed by atoms with Crippen molar-refractivity contribution in [2.24, 2.45) is 0 Å². The number of nitrogens with two attached hydrogens (primary N) is 1. The molecule has 1 aromatic heterocycles. The van der Waals surface area contributed by atoms with Gasteiger partial charge < -0.3 is 5.73 Å². The van der Waals surface area contributed by atoms with Crippen LogP contribution in [0.5, 0.6) is 0 Å². The number of imide groups is 1. The Morgan fingerprint density at radius 2 is 1.55 bits per heavy atom. The average molecular weight is 465 g/mol. The minimum absolute atomic E-state index is 0.00118. The number of amides is 2. The first-order valence-electron chi connectivity index (χ1n) is 8.23. The summed E-state index contributed by atoms with van der Waals surface area (Å²) < 4.78 is 66.1. The lowest BCUT2D eigenvalue weighted by atomic mass is 10.1. The van der Waals surface area contributed by atoms with Crippen LogP contribution >= 0.6 is 0 Å². The van der Waals surface area contributed by atoms with Crippen molar-refractivity contribution in [2.45, 2.75) is 9.79 Å². The maximum absolute atomic E-state index is 12.6. The molecule has 12 nitrogen and oxygen atoms in total. The molecule has 0 bridgehead atoms. The third-order valence-corrected chi connectivity index (χ3v) is 6.38. The Labute approximate surface area is 173 Å². The topological polar surface area (TPSA) is 203 Å². The molecule has 2 amide bonds. The van der Waals surface area contributed by atoms with Gasteiger partial charge in [-0.3, -0.25) is 33.4 Å². The van der Waals surface area contributed by atoms with E-state index >= 15 is 0 Å². The first-order chi connectivity index (χ1) is 14.3. The van der Waals surface area contributed by atoms with Gasteiger partial charge in [0.1, 0.15) is 10.7 Å². The predicted molar refractivity (Wildman–Crippen MR) is 105 cm³/mol. The molecule has 4 rings (SSSR count). The van der Waals surface area contributed by atoms with E-state index in [0.717, 1.165) is 22.8 Å². The average Bonchev–Trinajstić information content (AvgIpc) is 2.92. The molecule has 31 heavy (non-hydrogen) atoms. The molecule has 0 aliphatic carbocycles. The largest absolute Gasteiger partial charge is 0.384 e. The van der Waals surface area contributed by atoms with Gasteiger partial charge in [-0.15, -0.1) is 0 Å². The number of hydrogen-bond donors (Lipinski definition) is 4. The van der Waals surface area contributed by atoms with E-state index in [0.29, 0.717) is 6.07 Å². The van der Waals surface area contributed by atoms with E-state index in [1.165, 1.54) is 12.1 Å². The number of pyridine rings is 1. The second kappa shape index (κ2) is 6.45. The summed E-state index contributed by atoms with van der Waals surface area (Å²) in [4.78, 5) is 34.7. The second-order valence-electron chi connectivity index (χ2n) is 6.55. The molecule has 2 heterocycles. The third-order valence-electron chi connectivity index (χ3n) is 4.66. The Morgan fingerprint density at radius 1 is 0.871 bits per heavy atom. The van der Waals surface area contributed by atoms with Gasteiger partial charge in [0.2, 0.25) is 0 Å². The van der Waals surface area contributed by atoms with E-state index in [9.17, 15) is 40.3 Å². The number of carbonyl (C=O) groups excluding carboxylic acids is 2. The van der Waals surface area contributed by atoms with E-state index in [2.05, 4.69) is 0 Å². The smallest absolute Gasteiger partial charge is 0.295 e. The zero-order valence-electron chi connectivity index (χ0n) is 15.1. The Kier molecular flexibility index (Phi) is 4.30. The lowest BCUT2D eigenvalue weighted by Crippen LogP contribution is -2.24. The highest BCUT2D eigenvalue weighted by atomic mass is 32.2. The summed E-state index contributed by atoms with van der Waals surface area (Å²) in [6.07, 6.45) is 0. The Balaban J connectivity index is 2.07. The lowest BCUT2D eigenvalue weighted by molar-refractivity contribution is 0.0879. The molecule has 0 fully saturated rings. The standard InChI is InChI=1S/C17H11N3O9S2/c18-15-14-11(16(22)19-17(14)23)6-13(21)20(15)8-1-2-10-7(3-8)4-9(30(24,25)26)5-12(10)31(27,28)29/h1-6H,18H2,(H,19,22,23)(H,24,25,26)(H,27,28,29). The van der Waals surface area contributed by atoms with Crippen LogP contribution in [0.3, 0.4) is 0 Å². The lowest BCUT2D eigenvalue weighted by Gasteiger charge is -2.14. The number of nitrogens with zero attached hydrogens (tertiary/aromatic N) is 1. The second-order valence-corrected chi connectivity index (χ2v) is 9.36. The molecule has 1 aliphatic heterocycles. The van der Waals surface area contributed by atoms with E-state index in [1.807, 2.05) is 5.32 Å². The Morgan fingerprint density at radius 3 is 2.16 bits per heavy atom. The van der Waals surface area contributed by atoms with Crippen LogP contribution in [-0.4, -0.2) is 42.3 Å². The molecule has 3 aromatic rings. The number of carbonyl (C=O) groups is 2. The molecular formula is C17H11N3O9S2. The van der Waals surface area contributed by atoms with Crippen LogP contribution in [0.15, 0.2) is 51.0 Å². The van der Waals surface area contributed by atoms with Gasteiger partial charge in [-0.25, -0.2) is 0 Å². The van der Waals surface area contributed by atoms with Gasteiger partial charge in [-0.1, -0.05) is 6.07 Å². The fraction of sp³-hybridized carbons (Fsp3) is 0. The first kappa shape index (κ1) is 20.7. The highest BCUT2D eigenvalue weighted by Crippen LogP contribution is 2.30. The number of hydrogen-bond acceptors (Lipinski definition) is 8. The predicted octanol–water partition coefficient (Wildman–Crippen LogP) is -0.0501. The van der Waals surface area contributed by atoms with Crippen molar-refractivity contribution in [3.8, 4) is 5.69 Å². The number of rotatable bonds is 3. The fourth-order valence-electron chi connectivity index (χ4n) is 3.34. The summed E-state index contributed by atoms with van der Waals surface area (Å²) in [5, 5.41) is 1.81. The number of aromatic nitrogens is 1. The molecule has 5 N–H and O–H groups in total. The van der Waals surface area contributed by atoms with Crippen molar-refractivity contribution in [3.05, 3.63) is 57.9 Å². The molecule has 0 saturated carbocycles. The van der Waals surface area contributed by atoms with Crippen LogP contribution in [0.1, 0.15) is 20.7 Å². The molecule has 160 valence electrons. The third kappa shape index (κ3) is 3.27. The SMILES string of the molecule is Nc1c2c(cc(=O)n1-c1ccc3c(S(=O)(=O)O)cc(S(=O)(=O)O)cc3c1)C(=O)NC2=O. The normalized spacial score (nSPS) is 14.0.